The molecule has 0 amide bonds. The second-order valence-corrected chi connectivity index (χ2v) is 1.63. The summed E-state index contributed by atoms with van der Waals surface area (Å²) in [5.74, 6) is -3.36. The first kappa shape index (κ1) is 12.6. The summed E-state index contributed by atoms with van der Waals surface area (Å²) < 4.78 is 0. The normalized spacial score (nSPS) is 11.3. The molecule has 1 radical (unpaired) electrons. The Morgan fingerprint density at radius 1 is 1.40 bits per heavy atom. The zero-order valence-corrected chi connectivity index (χ0v) is 4.70. The predicted octanol–water partition coefficient (Wildman–Crippen LogP) is -0.653. The van der Waals surface area contributed by atoms with Gasteiger partial charge in [-0.2, -0.15) is 0 Å². The molecule has 4 nitrogen and oxygen atoms in total. The van der Waals surface area contributed by atoms with Gasteiger partial charge in [0, 0.05) is 0 Å². The van der Waals surface area contributed by atoms with Gasteiger partial charge in [-0.3, -0.25) is 9.59 Å². The second-order valence-electron chi connectivity index (χ2n) is 1.63. The molecule has 0 aromatic carbocycles. The zero-order chi connectivity index (χ0) is 7.44. The van der Waals surface area contributed by atoms with Crippen LogP contribution in [0.1, 0.15) is 6.42 Å². The fraction of sp³-hybridized carbons (Fsp3) is 0.400. The molecular formula is C5H8NaO4. The average Bonchev–Trinajstić information content (AvgIpc) is 1.63. The van der Waals surface area contributed by atoms with Crippen molar-refractivity contribution >= 4 is 41.5 Å². The fourth-order valence-electron chi connectivity index (χ4n) is 0.298. The van der Waals surface area contributed by atoms with E-state index in [2.05, 4.69) is 6.92 Å². The van der Waals surface area contributed by atoms with E-state index in [4.69, 9.17) is 10.2 Å². The van der Waals surface area contributed by atoms with Crippen LogP contribution in [0.4, 0.5) is 0 Å². The first-order chi connectivity index (χ1) is 4.04. The van der Waals surface area contributed by atoms with Crippen LogP contribution in [0.15, 0.2) is 0 Å². The summed E-state index contributed by atoms with van der Waals surface area (Å²) in [6, 6.07) is 0. The Hall–Kier alpha value is -0.0600. The van der Waals surface area contributed by atoms with Gasteiger partial charge in [0.25, 0.3) is 0 Å². The Morgan fingerprint density at radius 2 is 1.80 bits per heavy atom. The van der Waals surface area contributed by atoms with Gasteiger partial charge in [0.2, 0.25) is 0 Å². The Balaban J connectivity index is 0. The molecule has 0 aliphatic carbocycles. The molecule has 1 unspecified atom stereocenters. The van der Waals surface area contributed by atoms with E-state index in [1.54, 1.807) is 0 Å². The summed E-state index contributed by atoms with van der Waals surface area (Å²) >= 11 is 0. The number of carboxylic acid groups (broad SMARTS) is 2. The summed E-state index contributed by atoms with van der Waals surface area (Å²) in [6.07, 6.45) is -0.421. The molecule has 0 bridgehead atoms. The molecule has 0 rings (SSSR count). The molecule has 0 heterocycles. The van der Waals surface area contributed by atoms with Crippen LogP contribution in [0, 0.1) is 12.8 Å². The van der Waals surface area contributed by atoms with Crippen molar-refractivity contribution in [1.82, 2.24) is 0 Å². The number of carbonyl (C=O) groups is 2. The van der Waals surface area contributed by atoms with E-state index in [0.29, 0.717) is 0 Å². The number of aliphatic carboxylic acids is 2. The van der Waals surface area contributed by atoms with Crippen molar-refractivity contribution < 1.29 is 19.8 Å². The third-order valence-electron chi connectivity index (χ3n) is 0.770. The van der Waals surface area contributed by atoms with Gasteiger partial charge >= 0.3 is 41.5 Å². The van der Waals surface area contributed by atoms with Crippen molar-refractivity contribution in [2.24, 2.45) is 5.92 Å². The Morgan fingerprint density at radius 3 is 1.90 bits per heavy atom. The first-order valence-corrected chi connectivity index (χ1v) is 2.31. The molecule has 0 aliphatic rings. The molecular weight excluding hydrogens is 147 g/mol. The van der Waals surface area contributed by atoms with E-state index in [-0.39, 0.29) is 29.6 Å². The van der Waals surface area contributed by atoms with Crippen molar-refractivity contribution in [1.29, 1.82) is 0 Å². The van der Waals surface area contributed by atoms with E-state index in [0.717, 1.165) is 0 Å². The number of carboxylic acids is 2. The van der Waals surface area contributed by atoms with E-state index in [1.807, 2.05) is 0 Å². The van der Waals surface area contributed by atoms with Gasteiger partial charge in [-0.25, -0.2) is 0 Å². The summed E-state index contributed by atoms with van der Waals surface area (Å²) in [4.78, 5) is 19.7. The van der Waals surface area contributed by atoms with Crippen molar-refractivity contribution in [2.75, 3.05) is 0 Å². The van der Waals surface area contributed by atoms with Crippen LogP contribution >= 0.6 is 0 Å². The maximum atomic E-state index is 9.91. The third-order valence-corrected chi connectivity index (χ3v) is 0.770. The first-order valence-electron chi connectivity index (χ1n) is 2.31. The second kappa shape index (κ2) is 5.70. The molecule has 0 aliphatic heterocycles. The quantitative estimate of drug-likeness (QED) is 0.531. The van der Waals surface area contributed by atoms with E-state index in [1.165, 1.54) is 0 Å². The zero-order valence-electron chi connectivity index (χ0n) is 4.70. The molecule has 2 N–H and O–H groups in total. The van der Waals surface area contributed by atoms with Gasteiger partial charge in [0.05, 0.1) is 12.3 Å². The Labute approximate surface area is 80.5 Å². The fourth-order valence-corrected chi connectivity index (χ4v) is 0.298. The molecule has 0 fully saturated rings. The topological polar surface area (TPSA) is 74.6 Å². The molecule has 0 saturated heterocycles. The van der Waals surface area contributed by atoms with Crippen LogP contribution in [0.5, 0.6) is 0 Å². The minimum absolute atomic E-state index is 0. The summed E-state index contributed by atoms with van der Waals surface area (Å²) in [5, 5.41) is 16.1. The third kappa shape index (κ3) is 6.07. The molecule has 10 heavy (non-hydrogen) atoms. The molecule has 0 aromatic rings. The van der Waals surface area contributed by atoms with Crippen LogP contribution in [-0.4, -0.2) is 51.7 Å². The maximum absolute atomic E-state index is 9.91. The molecule has 1 atom stereocenters. The van der Waals surface area contributed by atoms with Crippen LogP contribution in [0.3, 0.4) is 0 Å². The van der Waals surface area contributed by atoms with Gasteiger partial charge in [0.15, 0.2) is 0 Å². The number of rotatable bonds is 3. The Kier molecular flexibility index (Phi) is 7.19. The van der Waals surface area contributed by atoms with Gasteiger partial charge in [-0.1, -0.05) is 0 Å². The van der Waals surface area contributed by atoms with Crippen molar-refractivity contribution in [3.05, 3.63) is 6.92 Å². The standard InChI is InChI=1S/C5H7O4.Na.H/c1-3(5(8)9)2-4(6)7;;/h3H,1-2H2,(H,6,7)(H,8,9);;. The van der Waals surface area contributed by atoms with E-state index >= 15 is 0 Å². The molecule has 0 saturated carbocycles. The Bertz CT molecular complexity index is 134. The molecule has 0 spiro atoms. The van der Waals surface area contributed by atoms with Crippen molar-refractivity contribution in [3.63, 3.8) is 0 Å². The van der Waals surface area contributed by atoms with Gasteiger partial charge in [0.1, 0.15) is 0 Å². The van der Waals surface area contributed by atoms with Gasteiger partial charge < -0.3 is 10.2 Å². The minimum atomic E-state index is -1.18. The van der Waals surface area contributed by atoms with Crippen LogP contribution in [0.25, 0.3) is 0 Å². The monoisotopic (exact) mass is 155 g/mol. The molecule has 0 aromatic heterocycles. The number of hydrogen-bond donors (Lipinski definition) is 2. The molecule has 53 valence electrons. The van der Waals surface area contributed by atoms with Crippen LogP contribution in [-0.2, 0) is 9.59 Å². The van der Waals surface area contributed by atoms with Crippen molar-refractivity contribution in [3.8, 4) is 0 Å². The predicted molar refractivity (Wildman–Crippen MR) is 35.9 cm³/mol. The average molecular weight is 155 g/mol. The number of hydrogen-bond acceptors (Lipinski definition) is 2. The van der Waals surface area contributed by atoms with Crippen LogP contribution in [0.2, 0.25) is 0 Å². The van der Waals surface area contributed by atoms with E-state index < -0.39 is 24.3 Å². The van der Waals surface area contributed by atoms with Crippen LogP contribution < -0.4 is 0 Å². The SMILES string of the molecule is [CH2]C(CC(=O)O)C(=O)O.[NaH]. The molecule has 5 heteroatoms. The summed E-state index contributed by atoms with van der Waals surface area (Å²) in [5.41, 5.74) is 0. The van der Waals surface area contributed by atoms with Gasteiger partial charge in [-0.15, -0.1) is 0 Å². The summed E-state index contributed by atoms with van der Waals surface area (Å²) in [7, 11) is 0. The van der Waals surface area contributed by atoms with Gasteiger partial charge in [-0.05, 0) is 6.92 Å². The van der Waals surface area contributed by atoms with Crippen molar-refractivity contribution in [2.45, 2.75) is 6.42 Å². The van der Waals surface area contributed by atoms with E-state index in [9.17, 15) is 9.59 Å². The summed E-state index contributed by atoms with van der Waals surface area (Å²) in [6.45, 7) is 3.10.